The van der Waals surface area contributed by atoms with Crippen LogP contribution in [0.3, 0.4) is 0 Å². The highest BCUT2D eigenvalue weighted by Crippen LogP contribution is 2.32. The number of hydrogen-bond donors (Lipinski definition) is 1. The predicted molar refractivity (Wildman–Crippen MR) is 82.9 cm³/mol. The van der Waals surface area contributed by atoms with E-state index in [0.29, 0.717) is 21.5 Å². The van der Waals surface area contributed by atoms with Gasteiger partial charge in [0.2, 0.25) is 0 Å². The Morgan fingerprint density at radius 2 is 2.05 bits per heavy atom. The largest absolute Gasteiger partial charge is 0.454 e. The number of benzene rings is 1. The lowest BCUT2D eigenvalue weighted by molar-refractivity contribution is 0.480. The van der Waals surface area contributed by atoms with Crippen LogP contribution in [0.4, 0.5) is 0 Å². The second-order valence-corrected chi connectivity index (χ2v) is 5.25. The molecule has 106 valence electrons. The Bertz CT molecular complexity index is 590. The number of rotatable bonds is 5. The number of nitrogens with zero attached hydrogens (tertiary/aromatic N) is 1. The Morgan fingerprint density at radius 1 is 1.25 bits per heavy atom. The molecule has 1 N–H and O–H groups in total. The van der Waals surface area contributed by atoms with Crippen LogP contribution < -0.4 is 10.1 Å². The molecule has 1 aromatic carbocycles. The van der Waals surface area contributed by atoms with Crippen molar-refractivity contribution in [1.29, 1.82) is 0 Å². The van der Waals surface area contributed by atoms with E-state index in [2.05, 4.69) is 24.1 Å². The van der Waals surface area contributed by atoms with E-state index in [-0.39, 0.29) is 6.04 Å². The number of aromatic nitrogens is 1. The number of halogens is 2. The lowest BCUT2D eigenvalue weighted by Gasteiger charge is -2.14. The van der Waals surface area contributed by atoms with Crippen molar-refractivity contribution >= 4 is 23.2 Å². The molecule has 0 bridgehead atoms. The quantitative estimate of drug-likeness (QED) is 0.857. The first-order valence-electron chi connectivity index (χ1n) is 6.41. The minimum atomic E-state index is 0.249. The predicted octanol–water partition coefficient (Wildman–Crippen LogP) is 4.85. The van der Waals surface area contributed by atoms with Crippen LogP contribution in [0.25, 0.3) is 0 Å². The van der Waals surface area contributed by atoms with Gasteiger partial charge < -0.3 is 10.1 Å². The summed E-state index contributed by atoms with van der Waals surface area (Å²) in [5.74, 6) is 1.15. The molecule has 2 aromatic rings. The molecule has 0 fully saturated rings. The third-order valence-electron chi connectivity index (χ3n) is 2.87. The molecule has 0 aliphatic carbocycles. The molecule has 0 amide bonds. The van der Waals surface area contributed by atoms with Crippen molar-refractivity contribution in [1.82, 2.24) is 10.3 Å². The van der Waals surface area contributed by atoms with Gasteiger partial charge in [-0.05, 0) is 31.2 Å². The lowest BCUT2D eigenvalue weighted by Crippen LogP contribution is -2.17. The first-order valence-corrected chi connectivity index (χ1v) is 7.17. The van der Waals surface area contributed by atoms with Crippen LogP contribution >= 0.6 is 23.2 Å². The Labute approximate surface area is 128 Å². The number of nitrogens with one attached hydrogen (secondary N) is 1. The van der Waals surface area contributed by atoms with Gasteiger partial charge in [-0.1, -0.05) is 36.2 Å². The summed E-state index contributed by atoms with van der Waals surface area (Å²) < 4.78 is 5.69. The molecular weight excluding hydrogens is 295 g/mol. The fourth-order valence-corrected chi connectivity index (χ4v) is 2.26. The van der Waals surface area contributed by atoms with Crippen molar-refractivity contribution < 1.29 is 4.74 Å². The van der Waals surface area contributed by atoms with Gasteiger partial charge in [0, 0.05) is 18.3 Å². The van der Waals surface area contributed by atoms with Gasteiger partial charge in [-0.15, -0.1) is 0 Å². The standard InChI is InChI=1S/C15H16Cl2N2O/c1-3-19-10(2)11-4-5-15(14(17)6-11)20-13-7-12(16)8-18-9-13/h4-10,19H,3H2,1-2H3. The summed E-state index contributed by atoms with van der Waals surface area (Å²) in [6.45, 7) is 5.07. The zero-order valence-electron chi connectivity index (χ0n) is 11.4. The molecule has 1 aromatic heterocycles. The zero-order chi connectivity index (χ0) is 14.5. The highest BCUT2D eigenvalue weighted by atomic mass is 35.5. The monoisotopic (exact) mass is 310 g/mol. The molecule has 0 aliphatic rings. The first kappa shape index (κ1) is 15.1. The van der Waals surface area contributed by atoms with E-state index in [0.717, 1.165) is 12.1 Å². The molecule has 3 nitrogen and oxygen atoms in total. The topological polar surface area (TPSA) is 34.1 Å². The second-order valence-electron chi connectivity index (χ2n) is 4.41. The Balaban J connectivity index is 2.17. The van der Waals surface area contributed by atoms with Crippen molar-refractivity contribution in [3.63, 3.8) is 0 Å². The lowest BCUT2D eigenvalue weighted by atomic mass is 10.1. The van der Waals surface area contributed by atoms with Gasteiger partial charge in [-0.25, -0.2) is 0 Å². The zero-order valence-corrected chi connectivity index (χ0v) is 12.9. The first-order chi connectivity index (χ1) is 9.60. The molecular formula is C15H16Cl2N2O. The molecule has 2 rings (SSSR count). The summed E-state index contributed by atoms with van der Waals surface area (Å²) in [7, 11) is 0. The van der Waals surface area contributed by atoms with Crippen LogP contribution in [0, 0.1) is 0 Å². The fourth-order valence-electron chi connectivity index (χ4n) is 1.87. The van der Waals surface area contributed by atoms with E-state index >= 15 is 0 Å². The number of hydrogen-bond acceptors (Lipinski definition) is 3. The van der Waals surface area contributed by atoms with Crippen LogP contribution in [0.15, 0.2) is 36.7 Å². The van der Waals surface area contributed by atoms with Crippen molar-refractivity contribution in [2.75, 3.05) is 6.54 Å². The van der Waals surface area contributed by atoms with E-state index in [1.807, 2.05) is 18.2 Å². The Hall–Kier alpha value is -1.29. The summed E-state index contributed by atoms with van der Waals surface area (Å²) in [6.07, 6.45) is 3.15. The third kappa shape index (κ3) is 3.85. The molecule has 5 heteroatoms. The molecule has 0 saturated carbocycles. The molecule has 0 spiro atoms. The van der Waals surface area contributed by atoms with E-state index in [4.69, 9.17) is 27.9 Å². The van der Waals surface area contributed by atoms with Crippen LogP contribution in [0.5, 0.6) is 11.5 Å². The minimum absolute atomic E-state index is 0.249. The van der Waals surface area contributed by atoms with Crippen LogP contribution in [-0.4, -0.2) is 11.5 Å². The highest BCUT2D eigenvalue weighted by molar-refractivity contribution is 6.32. The van der Waals surface area contributed by atoms with Gasteiger partial charge >= 0.3 is 0 Å². The van der Waals surface area contributed by atoms with Crippen LogP contribution in [-0.2, 0) is 0 Å². The minimum Gasteiger partial charge on any atom is -0.454 e. The maximum absolute atomic E-state index is 6.26. The van der Waals surface area contributed by atoms with Crippen LogP contribution in [0.2, 0.25) is 10.0 Å². The van der Waals surface area contributed by atoms with Gasteiger partial charge in [-0.2, -0.15) is 0 Å². The molecule has 20 heavy (non-hydrogen) atoms. The van der Waals surface area contributed by atoms with E-state index in [9.17, 15) is 0 Å². The van der Waals surface area contributed by atoms with Crippen LogP contribution in [0.1, 0.15) is 25.5 Å². The summed E-state index contributed by atoms with van der Waals surface area (Å²) >= 11 is 12.1. The molecule has 1 atom stereocenters. The van der Waals surface area contributed by atoms with Gasteiger partial charge in [0.15, 0.2) is 0 Å². The van der Waals surface area contributed by atoms with E-state index in [1.54, 1.807) is 18.5 Å². The molecule has 1 heterocycles. The Morgan fingerprint density at radius 3 is 2.70 bits per heavy atom. The van der Waals surface area contributed by atoms with E-state index in [1.165, 1.54) is 0 Å². The van der Waals surface area contributed by atoms with Crippen molar-refractivity contribution in [3.05, 3.63) is 52.3 Å². The molecule has 0 radical (unpaired) electrons. The number of ether oxygens (including phenoxy) is 1. The maximum atomic E-state index is 6.26. The van der Waals surface area contributed by atoms with E-state index < -0.39 is 0 Å². The average molecular weight is 311 g/mol. The smallest absolute Gasteiger partial charge is 0.147 e. The normalized spacial score (nSPS) is 12.2. The second kappa shape index (κ2) is 6.93. The SMILES string of the molecule is CCNC(C)c1ccc(Oc2cncc(Cl)c2)c(Cl)c1. The summed E-state index contributed by atoms with van der Waals surface area (Å²) in [4.78, 5) is 3.97. The highest BCUT2D eigenvalue weighted by Gasteiger charge is 2.09. The van der Waals surface area contributed by atoms with Gasteiger partial charge in [0.1, 0.15) is 11.5 Å². The van der Waals surface area contributed by atoms with Crippen molar-refractivity contribution in [3.8, 4) is 11.5 Å². The van der Waals surface area contributed by atoms with Gasteiger partial charge in [-0.3, -0.25) is 4.98 Å². The average Bonchev–Trinajstić information content (AvgIpc) is 2.41. The van der Waals surface area contributed by atoms with Gasteiger partial charge in [0.25, 0.3) is 0 Å². The number of pyridine rings is 1. The summed E-state index contributed by atoms with van der Waals surface area (Å²) in [5, 5.41) is 4.43. The van der Waals surface area contributed by atoms with Gasteiger partial charge in [0.05, 0.1) is 16.2 Å². The fraction of sp³-hybridized carbons (Fsp3) is 0.267. The summed E-state index contributed by atoms with van der Waals surface area (Å²) in [5.41, 5.74) is 1.12. The molecule has 0 aliphatic heterocycles. The Kier molecular flexibility index (Phi) is 5.24. The van der Waals surface area contributed by atoms with Crippen molar-refractivity contribution in [2.45, 2.75) is 19.9 Å². The molecule has 1 unspecified atom stereocenters. The molecule has 0 saturated heterocycles. The maximum Gasteiger partial charge on any atom is 0.147 e. The van der Waals surface area contributed by atoms with Crippen molar-refractivity contribution in [2.24, 2.45) is 0 Å². The summed E-state index contributed by atoms with van der Waals surface area (Å²) in [6, 6.07) is 7.70. The third-order valence-corrected chi connectivity index (χ3v) is 3.38.